The zero-order chi connectivity index (χ0) is 11.7. The lowest BCUT2D eigenvalue weighted by Crippen LogP contribution is -2.26. The summed E-state index contributed by atoms with van der Waals surface area (Å²) in [5.41, 5.74) is 6.85. The van der Waals surface area contributed by atoms with Gasteiger partial charge in [0.2, 0.25) is 0 Å². The quantitative estimate of drug-likeness (QED) is 0.890. The van der Waals surface area contributed by atoms with Crippen LogP contribution in [0.4, 0.5) is 0 Å². The van der Waals surface area contributed by atoms with Gasteiger partial charge in [0.1, 0.15) is 0 Å². The summed E-state index contributed by atoms with van der Waals surface area (Å²) in [6.07, 6.45) is 1.05. The SMILES string of the molecule is N[C@H]1CCN(Cc2noc(-c3ccsc3)n2)C1. The Labute approximate surface area is 103 Å². The molecule has 1 aliphatic heterocycles. The van der Waals surface area contributed by atoms with Crippen LogP contribution in [0, 0.1) is 0 Å². The molecule has 0 aromatic carbocycles. The minimum absolute atomic E-state index is 0.290. The van der Waals surface area contributed by atoms with Crippen LogP contribution >= 0.6 is 11.3 Å². The van der Waals surface area contributed by atoms with E-state index in [1.54, 1.807) is 11.3 Å². The summed E-state index contributed by atoms with van der Waals surface area (Å²) in [5.74, 6) is 1.34. The summed E-state index contributed by atoms with van der Waals surface area (Å²) in [4.78, 5) is 6.64. The van der Waals surface area contributed by atoms with Crippen molar-refractivity contribution < 1.29 is 4.52 Å². The van der Waals surface area contributed by atoms with E-state index < -0.39 is 0 Å². The van der Waals surface area contributed by atoms with Crippen molar-refractivity contribution >= 4 is 11.3 Å². The minimum Gasteiger partial charge on any atom is -0.334 e. The second-order valence-corrected chi connectivity index (χ2v) is 5.09. The van der Waals surface area contributed by atoms with E-state index in [2.05, 4.69) is 15.0 Å². The second-order valence-electron chi connectivity index (χ2n) is 4.31. The van der Waals surface area contributed by atoms with E-state index in [0.717, 1.165) is 37.4 Å². The number of aromatic nitrogens is 2. The topological polar surface area (TPSA) is 68.2 Å². The molecule has 1 aliphatic rings. The Balaban J connectivity index is 1.69. The van der Waals surface area contributed by atoms with Crippen molar-refractivity contribution in [3.05, 3.63) is 22.7 Å². The van der Waals surface area contributed by atoms with E-state index in [0.29, 0.717) is 11.9 Å². The van der Waals surface area contributed by atoms with E-state index in [1.165, 1.54) is 0 Å². The number of hydrogen-bond donors (Lipinski definition) is 1. The molecule has 0 aliphatic carbocycles. The summed E-state index contributed by atoms with van der Waals surface area (Å²) in [7, 11) is 0. The van der Waals surface area contributed by atoms with Crippen LogP contribution in [0.25, 0.3) is 11.5 Å². The third-order valence-corrected chi connectivity index (χ3v) is 3.59. The molecule has 2 aromatic rings. The molecular formula is C11H14N4OS. The molecule has 3 heterocycles. The van der Waals surface area contributed by atoms with E-state index in [4.69, 9.17) is 10.3 Å². The Morgan fingerprint density at radius 3 is 3.24 bits per heavy atom. The minimum atomic E-state index is 0.290. The Kier molecular flexibility index (Phi) is 2.92. The molecular weight excluding hydrogens is 236 g/mol. The van der Waals surface area contributed by atoms with Crippen molar-refractivity contribution in [1.29, 1.82) is 0 Å². The summed E-state index contributed by atoms with van der Waals surface area (Å²) in [6.45, 7) is 2.66. The molecule has 1 atom stereocenters. The summed E-state index contributed by atoms with van der Waals surface area (Å²) in [6, 6.07) is 2.27. The number of rotatable bonds is 3. The van der Waals surface area contributed by atoms with Crippen LogP contribution in [-0.2, 0) is 6.54 Å². The van der Waals surface area contributed by atoms with Gasteiger partial charge in [0.25, 0.3) is 5.89 Å². The van der Waals surface area contributed by atoms with Crippen LogP contribution in [0.15, 0.2) is 21.3 Å². The number of hydrogen-bond acceptors (Lipinski definition) is 6. The fourth-order valence-corrected chi connectivity index (χ4v) is 2.66. The maximum absolute atomic E-state index is 5.86. The van der Waals surface area contributed by atoms with Gasteiger partial charge in [-0.2, -0.15) is 16.3 Å². The molecule has 2 N–H and O–H groups in total. The van der Waals surface area contributed by atoms with Gasteiger partial charge in [-0.25, -0.2) is 0 Å². The maximum atomic E-state index is 5.86. The lowest BCUT2D eigenvalue weighted by Gasteiger charge is -2.11. The van der Waals surface area contributed by atoms with Crippen molar-refractivity contribution in [2.75, 3.05) is 13.1 Å². The number of thiophene rings is 1. The van der Waals surface area contributed by atoms with Crippen LogP contribution < -0.4 is 5.73 Å². The molecule has 0 amide bonds. The molecule has 1 fully saturated rings. The fraction of sp³-hybridized carbons (Fsp3) is 0.455. The van der Waals surface area contributed by atoms with E-state index in [-0.39, 0.29) is 0 Å². The molecule has 0 saturated carbocycles. The molecule has 6 heteroatoms. The Morgan fingerprint density at radius 2 is 2.53 bits per heavy atom. The molecule has 3 rings (SSSR count). The lowest BCUT2D eigenvalue weighted by molar-refractivity contribution is 0.309. The monoisotopic (exact) mass is 250 g/mol. The summed E-state index contributed by atoms with van der Waals surface area (Å²) in [5, 5.41) is 8.00. The van der Waals surface area contributed by atoms with E-state index >= 15 is 0 Å². The lowest BCUT2D eigenvalue weighted by atomic mass is 10.3. The van der Waals surface area contributed by atoms with E-state index in [9.17, 15) is 0 Å². The van der Waals surface area contributed by atoms with Gasteiger partial charge in [-0.3, -0.25) is 4.90 Å². The highest BCUT2D eigenvalue weighted by molar-refractivity contribution is 7.08. The number of nitrogens with two attached hydrogens (primary N) is 1. The third-order valence-electron chi connectivity index (χ3n) is 2.91. The normalized spacial score (nSPS) is 21.1. The van der Waals surface area contributed by atoms with Crippen LogP contribution in [0.1, 0.15) is 12.2 Å². The van der Waals surface area contributed by atoms with Crippen molar-refractivity contribution in [2.24, 2.45) is 5.73 Å². The zero-order valence-corrected chi connectivity index (χ0v) is 10.2. The van der Waals surface area contributed by atoms with E-state index in [1.807, 2.05) is 16.8 Å². The predicted octanol–water partition coefficient (Wildman–Crippen LogP) is 1.33. The van der Waals surface area contributed by atoms with Crippen LogP contribution in [0.2, 0.25) is 0 Å². The highest BCUT2D eigenvalue weighted by atomic mass is 32.1. The zero-order valence-electron chi connectivity index (χ0n) is 9.37. The summed E-state index contributed by atoms with van der Waals surface area (Å²) < 4.78 is 5.23. The third kappa shape index (κ3) is 2.38. The molecule has 5 nitrogen and oxygen atoms in total. The first-order valence-corrected chi connectivity index (χ1v) is 6.58. The average Bonchev–Trinajstić information content (AvgIpc) is 3.00. The molecule has 17 heavy (non-hydrogen) atoms. The van der Waals surface area contributed by atoms with Gasteiger partial charge in [-0.05, 0) is 17.9 Å². The van der Waals surface area contributed by atoms with Crippen molar-refractivity contribution in [2.45, 2.75) is 19.0 Å². The van der Waals surface area contributed by atoms with Gasteiger partial charge in [0, 0.05) is 24.5 Å². The van der Waals surface area contributed by atoms with Crippen molar-refractivity contribution in [3.63, 3.8) is 0 Å². The Hall–Kier alpha value is -1.24. The second kappa shape index (κ2) is 4.56. The van der Waals surface area contributed by atoms with Gasteiger partial charge in [0.15, 0.2) is 5.82 Å². The molecule has 0 radical (unpaired) electrons. The Bertz CT molecular complexity index is 481. The van der Waals surface area contributed by atoms with Crippen LogP contribution in [-0.4, -0.2) is 34.2 Å². The van der Waals surface area contributed by atoms with Gasteiger partial charge >= 0.3 is 0 Å². The molecule has 0 spiro atoms. The molecule has 1 saturated heterocycles. The number of nitrogens with zero attached hydrogens (tertiary/aromatic N) is 3. The highest BCUT2D eigenvalue weighted by Crippen LogP contribution is 2.20. The fourth-order valence-electron chi connectivity index (χ4n) is 2.03. The molecule has 0 bridgehead atoms. The van der Waals surface area contributed by atoms with Gasteiger partial charge < -0.3 is 10.3 Å². The maximum Gasteiger partial charge on any atom is 0.258 e. The molecule has 90 valence electrons. The predicted molar refractivity (Wildman–Crippen MR) is 65.5 cm³/mol. The number of likely N-dealkylation sites (tertiary alicyclic amines) is 1. The Morgan fingerprint density at radius 1 is 1.59 bits per heavy atom. The van der Waals surface area contributed by atoms with Gasteiger partial charge in [-0.15, -0.1) is 0 Å². The van der Waals surface area contributed by atoms with Crippen LogP contribution in [0.5, 0.6) is 0 Å². The highest BCUT2D eigenvalue weighted by Gasteiger charge is 2.21. The van der Waals surface area contributed by atoms with Crippen LogP contribution in [0.3, 0.4) is 0 Å². The summed E-state index contributed by atoms with van der Waals surface area (Å²) >= 11 is 1.62. The van der Waals surface area contributed by atoms with Gasteiger partial charge in [-0.1, -0.05) is 5.16 Å². The first kappa shape index (κ1) is 10.9. The first-order valence-electron chi connectivity index (χ1n) is 5.64. The standard InChI is InChI=1S/C11H14N4OS/c12-9-1-3-15(5-9)6-10-13-11(16-14-10)8-2-4-17-7-8/h2,4,7,9H,1,3,5-6,12H2/t9-/m0/s1. The molecule has 2 aromatic heterocycles. The largest absolute Gasteiger partial charge is 0.334 e. The average molecular weight is 250 g/mol. The van der Waals surface area contributed by atoms with Crippen molar-refractivity contribution in [1.82, 2.24) is 15.0 Å². The van der Waals surface area contributed by atoms with Crippen molar-refractivity contribution in [3.8, 4) is 11.5 Å². The molecule has 0 unspecified atom stereocenters. The first-order chi connectivity index (χ1) is 8.31. The smallest absolute Gasteiger partial charge is 0.258 e. The van der Waals surface area contributed by atoms with Gasteiger partial charge in [0.05, 0.1) is 12.1 Å².